The fourth-order valence-electron chi connectivity index (χ4n) is 2.40. The fraction of sp³-hybridized carbons (Fsp3) is 0.562. The van der Waals surface area contributed by atoms with Crippen molar-refractivity contribution in [2.45, 2.75) is 39.0 Å². The molecule has 138 valence electrons. The minimum atomic E-state index is -0.841. The highest BCUT2D eigenvalue weighted by Gasteiger charge is 2.20. The van der Waals surface area contributed by atoms with E-state index in [4.69, 9.17) is 4.74 Å². The lowest BCUT2D eigenvalue weighted by molar-refractivity contribution is 0.0405. The van der Waals surface area contributed by atoms with Gasteiger partial charge in [0.15, 0.2) is 11.2 Å². The molecule has 3 N–H and O–H groups in total. The van der Waals surface area contributed by atoms with Gasteiger partial charge in [-0.1, -0.05) is 13.0 Å². The molecule has 0 saturated carbocycles. The second-order valence-electron chi connectivity index (χ2n) is 5.97. The van der Waals surface area contributed by atoms with E-state index in [9.17, 15) is 14.7 Å². The minimum Gasteiger partial charge on any atom is -0.389 e. The summed E-state index contributed by atoms with van der Waals surface area (Å²) in [4.78, 5) is 30.8. The number of ether oxygens (including phenoxy) is 1. The number of hydrogen-bond acceptors (Lipinski definition) is 6. The van der Waals surface area contributed by atoms with Gasteiger partial charge in [-0.2, -0.15) is 4.98 Å². The molecule has 2 atom stereocenters. The topological polar surface area (TPSA) is 114 Å². The van der Waals surface area contributed by atoms with Gasteiger partial charge in [0.25, 0.3) is 5.56 Å². The number of aromatic amines is 1. The molecule has 2 aromatic heterocycles. The highest BCUT2D eigenvalue weighted by atomic mass is 16.5. The molecule has 0 amide bonds. The molecule has 0 fully saturated rings. The third-order valence-electron chi connectivity index (χ3n) is 3.93. The Balaban J connectivity index is 2.48. The van der Waals surface area contributed by atoms with Gasteiger partial charge in [0.05, 0.1) is 25.9 Å². The summed E-state index contributed by atoms with van der Waals surface area (Å²) >= 11 is 0. The number of hydrogen-bond donors (Lipinski definition) is 3. The van der Waals surface area contributed by atoms with Crippen LogP contribution < -0.4 is 16.6 Å². The Morgan fingerprint density at radius 1 is 1.48 bits per heavy atom. The predicted molar refractivity (Wildman–Crippen MR) is 96.0 cm³/mol. The lowest BCUT2D eigenvalue weighted by Crippen LogP contribution is -2.30. The first-order valence-corrected chi connectivity index (χ1v) is 8.21. The Hall–Kier alpha value is -2.39. The normalized spacial score (nSPS) is 13.8. The summed E-state index contributed by atoms with van der Waals surface area (Å²) in [6, 6.07) is 0.112. The van der Waals surface area contributed by atoms with Crippen LogP contribution in [0.1, 0.15) is 20.3 Å². The zero-order valence-electron chi connectivity index (χ0n) is 14.8. The maximum absolute atomic E-state index is 12.3. The Labute approximate surface area is 145 Å². The number of nitrogens with one attached hydrogen (secondary N) is 2. The Kier molecular flexibility index (Phi) is 6.16. The van der Waals surface area contributed by atoms with E-state index in [1.165, 1.54) is 11.6 Å². The van der Waals surface area contributed by atoms with Crippen LogP contribution in [-0.4, -0.2) is 49.6 Å². The number of aliphatic hydroxyl groups is 1. The van der Waals surface area contributed by atoms with Crippen LogP contribution in [0.25, 0.3) is 11.2 Å². The van der Waals surface area contributed by atoms with Gasteiger partial charge in [-0.15, -0.1) is 6.58 Å². The first-order chi connectivity index (χ1) is 11.9. The number of imidazole rings is 1. The summed E-state index contributed by atoms with van der Waals surface area (Å²) in [5, 5.41) is 13.4. The maximum Gasteiger partial charge on any atom is 0.329 e. The zero-order chi connectivity index (χ0) is 18.6. The Morgan fingerprint density at radius 2 is 2.20 bits per heavy atom. The highest BCUT2D eigenvalue weighted by molar-refractivity contribution is 5.74. The number of rotatable bonds is 9. The Morgan fingerprint density at radius 3 is 2.84 bits per heavy atom. The van der Waals surface area contributed by atoms with Gasteiger partial charge in [-0.25, -0.2) is 4.79 Å². The minimum absolute atomic E-state index is 0.0954. The summed E-state index contributed by atoms with van der Waals surface area (Å²) in [5.41, 5.74) is -0.580. The number of aliphatic hydroxyl groups excluding tert-OH is 1. The van der Waals surface area contributed by atoms with Crippen molar-refractivity contribution in [1.29, 1.82) is 0 Å². The molecule has 9 nitrogen and oxygen atoms in total. The molecular weight excluding hydrogens is 326 g/mol. The average Bonchev–Trinajstić information content (AvgIpc) is 2.91. The van der Waals surface area contributed by atoms with Crippen molar-refractivity contribution in [3.8, 4) is 0 Å². The van der Waals surface area contributed by atoms with Gasteiger partial charge in [-0.05, 0) is 13.3 Å². The molecule has 0 spiro atoms. The van der Waals surface area contributed by atoms with Crippen molar-refractivity contribution in [1.82, 2.24) is 19.1 Å². The van der Waals surface area contributed by atoms with E-state index in [1.807, 2.05) is 13.8 Å². The van der Waals surface area contributed by atoms with Gasteiger partial charge in [0, 0.05) is 13.1 Å². The first kappa shape index (κ1) is 18.9. The standard InChI is InChI=1S/C16H25N5O4/c1-5-7-25-9-11(22)8-21-12-13(18-15(21)17-10(3)6-2)20(4)16(24)19-14(12)23/h5,10-11,22H,1,6-9H2,2-4H3,(H,17,18)(H,19,23,24)/t10-,11+/m0/s1. The highest BCUT2D eigenvalue weighted by Crippen LogP contribution is 2.17. The molecular formula is C16H25N5O4. The van der Waals surface area contributed by atoms with Crippen molar-refractivity contribution in [2.75, 3.05) is 18.5 Å². The van der Waals surface area contributed by atoms with Gasteiger partial charge in [-0.3, -0.25) is 14.3 Å². The van der Waals surface area contributed by atoms with Crippen LogP contribution in [0.4, 0.5) is 5.95 Å². The summed E-state index contributed by atoms with van der Waals surface area (Å²) < 4.78 is 8.12. The third kappa shape index (κ3) is 4.18. The third-order valence-corrected chi connectivity index (χ3v) is 3.93. The van der Waals surface area contributed by atoms with Crippen LogP contribution in [0.15, 0.2) is 22.2 Å². The van der Waals surface area contributed by atoms with Crippen LogP contribution in [-0.2, 0) is 18.3 Å². The number of aromatic nitrogens is 4. The molecule has 0 aliphatic rings. The predicted octanol–water partition coefficient (Wildman–Crippen LogP) is 0.197. The molecule has 0 aromatic carbocycles. The SMILES string of the molecule is C=CCOC[C@H](O)Cn1c(N[C@@H](C)CC)nc2c1c(=O)[nH]c(=O)n2C. The fourth-order valence-corrected chi connectivity index (χ4v) is 2.40. The number of H-pyrrole nitrogens is 1. The van der Waals surface area contributed by atoms with E-state index in [-0.39, 0.29) is 30.4 Å². The van der Waals surface area contributed by atoms with Gasteiger partial charge in [0.1, 0.15) is 0 Å². The van der Waals surface area contributed by atoms with E-state index < -0.39 is 17.4 Å². The van der Waals surface area contributed by atoms with Crippen molar-refractivity contribution < 1.29 is 9.84 Å². The van der Waals surface area contributed by atoms with Gasteiger partial charge < -0.3 is 19.7 Å². The molecule has 0 unspecified atom stereocenters. The first-order valence-electron chi connectivity index (χ1n) is 8.21. The number of anilines is 1. The second-order valence-corrected chi connectivity index (χ2v) is 5.97. The molecule has 0 aliphatic heterocycles. The molecule has 2 aromatic rings. The van der Waals surface area contributed by atoms with E-state index in [0.717, 1.165) is 6.42 Å². The van der Waals surface area contributed by atoms with Crippen LogP contribution in [0.5, 0.6) is 0 Å². The summed E-state index contributed by atoms with van der Waals surface area (Å²) in [6.07, 6.45) is 1.60. The van der Waals surface area contributed by atoms with Crippen molar-refractivity contribution >= 4 is 17.1 Å². The van der Waals surface area contributed by atoms with E-state index >= 15 is 0 Å². The average molecular weight is 351 g/mol. The molecule has 2 heterocycles. The largest absolute Gasteiger partial charge is 0.389 e. The smallest absolute Gasteiger partial charge is 0.329 e. The molecule has 0 bridgehead atoms. The van der Waals surface area contributed by atoms with E-state index in [2.05, 4.69) is 21.9 Å². The molecule has 2 rings (SSSR count). The van der Waals surface area contributed by atoms with Crippen LogP contribution in [0.2, 0.25) is 0 Å². The lowest BCUT2D eigenvalue weighted by Gasteiger charge is -2.17. The zero-order valence-corrected chi connectivity index (χ0v) is 14.8. The monoisotopic (exact) mass is 351 g/mol. The quantitative estimate of drug-likeness (QED) is 0.439. The van der Waals surface area contributed by atoms with Gasteiger partial charge in [0.2, 0.25) is 5.95 Å². The molecule has 25 heavy (non-hydrogen) atoms. The lowest BCUT2D eigenvalue weighted by atomic mass is 10.3. The number of aryl methyl sites for hydroxylation is 1. The Bertz CT molecular complexity index is 851. The van der Waals surface area contributed by atoms with E-state index in [0.29, 0.717) is 12.6 Å². The van der Waals surface area contributed by atoms with Gasteiger partial charge >= 0.3 is 5.69 Å². The molecule has 0 radical (unpaired) electrons. The summed E-state index contributed by atoms with van der Waals surface area (Å²) in [7, 11) is 1.54. The molecule has 0 saturated heterocycles. The van der Waals surface area contributed by atoms with E-state index in [1.54, 1.807) is 10.6 Å². The summed E-state index contributed by atoms with van der Waals surface area (Å²) in [5.74, 6) is 0.429. The molecule has 9 heteroatoms. The maximum atomic E-state index is 12.3. The number of fused-ring (bicyclic) bond motifs is 1. The van der Waals surface area contributed by atoms with Crippen LogP contribution >= 0.6 is 0 Å². The van der Waals surface area contributed by atoms with Crippen LogP contribution in [0.3, 0.4) is 0 Å². The van der Waals surface area contributed by atoms with Crippen molar-refractivity contribution in [3.63, 3.8) is 0 Å². The second kappa shape index (κ2) is 8.13. The van der Waals surface area contributed by atoms with Crippen molar-refractivity contribution in [3.05, 3.63) is 33.5 Å². The van der Waals surface area contributed by atoms with Crippen LogP contribution in [0, 0.1) is 0 Å². The molecule has 0 aliphatic carbocycles. The summed E-state index contributed by atoms with van der Waals surface area (Å²) in [6.45, 7) is 8.08. The van der Waals surface area contributed by atoms with Crippen molar-refractivity contribution in [2.24, 2.45) is 7.05 Å². The number of nitrogens with zero attached hydrogens (tertiary/aromatic N) is 3.